The molecule has 1 rings (SSSR count). The summed E-state index contributed by atoms with van der Waals surface area (Å²) in [5, 5.41) is 4.43. The third-order valence-electron chi connectivity index (χ3n) is 1.71. The zero-order chi connectivity index (χ0) is 11.8. The first-order valence-corrected chi connectivity index (χ1v) is 5.20. The van der Waals surface area contributed by atoms with Gasteiger partial charge in [0, 0.05) is 17.1 Å². The molecule has 0 fully saturated rings. The van der Waals surface area contributed by atoms with E-state index >= 15 is 0 Å². The molecular weight excluding hydrogens is 224 g/mol. The van der Waals surface area contributed by atoms with Crippen molar-refractivity contribution in [1.82, 2.24) is 0 Å². The van der Waals surface area contributed by atoms with Crippen LogP contribution in [0.2, 0.25) is 5.02 Å². The molecule has 0 radical (unpaired) electrons. The van der Waals surface area contributed by atoms with Gasteiger partial charge in [-0.2, -0.15) is 0 Å². The van der Waals surface area contributed by atoms with E-state index in [1.165, 1.54) is 0 Å². The minimum atomic E-state index is 0.240. The SMILES string of the molecule is C/C(CN)=N\OCC#Cc1cccc(Cl)c1. The van der Waals surface area contributed by atoms with Gasteiger partial charge in [0.05, 0.1) is 5.71 Å². The number of nitrogens with two attached hydrogens (primary N) is 1. The predicted octanol–water partition coefficient (Wildman–Crippen LogP) is 2.04. The summed E-state index contributed by atoms with van der Waals surface area (Å²) in [6.45, 7) is 2.43. The summed E-state index contributed by atoms with van der Waals surface area (Å²) in [4.78, 5) is 4.94. The highest BCUT2D eigenvalue weighted by atomic mass is 35.5. The lowest BCUT2D eigenvalue weighted by Gasteiger charge is -1.94. The van der Waals surface area contributed by atoms with E-state index in [4.69, 9.17) is 22.2 Å². The molecule has 0 aromatic heterocycles. The standard InChI is InChI=1S/C12H13ClN2O/c1-10(9-14)15-16-7-3-5-11-4-2-6-12(13)8-11/h2,4,6,8H,7,9,14H2,1H3/b15-10+. The van der Waals surface area contributed by atoms with E-state index in [1.807, 2.05) is 12.1 Å². The van der Waals surface area contributed by atoms with E-state index in [2.05, 4.69) is 17.0 Å². The molecule has 84 valence electrons. The normalized spacial score (nSPS) is 10.6. The first kappa shape index (κ1) is 12.6. The third-order valence-corrected chi connectivity index (χ3v) is 1.94. The Morgan fingerprint density at radius 2 is 2.38 bits per heavy atom. The van der Waals surface area contributed by atoms with Crippen LogP contribution >= 0.6 is 11.6 Å². The summed E-state index contributed by atoms with van der Waals surface area (Å²) >= 11 is 5.81. The van der Waals surface area contributed by atoms with Gasteiger partial charge in [-0.3, -0.25) is 0 Å². The fourth-order valence-corrected chi connectivity index (χ4v) is 1.11. The molecule has 0 amide bonds. The van der Waals surface area contributed by atoms with Crippen molar-refractivity contribution < 1.29 is 4.84 Å². The lowest BCUT2D eigenvalue weighted by Crippen LogP contribution is -2.09. The Kier molecular flexibility index (Phi) is 5.41. The minimum absolute atomic E-state index is 0.240. The van der Waals surface area contributed by atoms with Gasteiger partial charge in [-0.25, -0.2) is 0 Å². The average molecular weight is 237 g/mol. The molecule has 0 saturated heterocycles. The highest BCUT2D eigenvalue weighted by molar-refractivity contribution is 6.30. The molecule has 0 aliphatic rings. The summed E-state index contributed by atoms with van der Waals surface area (Å²) < 4.78 is 0. The summed E-state index contributed by atoms with van der Waals surface area (Å²) in [6.07, 6.45) is 0. The molecule has 1 aromatic rings. The highest BCUT2D eigenvalue weighted by Crippen LogP contribution is 2.09. The molecule has 0 spiro atoms. The van der Waals surface area contributed by atoms with Gasteiger partial charge in [0.15, 0.2) is 6.61 Å². The van der Waals surface area contributed by atoms with Gasteiger partial charge in [-0.15, -0.1) is 0 Å². The van der Waals surface area contributed by atoms with Crippen molar-refractivity contribution in [3.8, 4) is 11.8 Å². The van der Waals surface area contributed by atoms with E-state index in [1.54, 1.807) is 19.1 Å². The van der Waals surface area contributed by atoms with Crippen molar-refractivity contribution in [3.63, 3.8) is 0 Å². The van der Waals surface area contributed by atoms with Crippen molar-refractivity contribution in [2.75, 3.05) is 13.2 Å². The molecule has 16 heavy (non-hydrogen) atoms. The van der Waals surface area contributed by atoms with Gasteiger partial charge in [-0.05, 0) is 25.1 Å². The Morgan fingerprint density at radius 3 is 3.06 bits per heavy atom. The van der Waals surface area contributed by atoms with E-state index in [-0.39, 0.29) is 6.61 Å². The van der Waals surface area contributed by atoms with Crippen LogP contribution in [0.15, 0.2) is 29.4 Å². The van der Waals surface area contributed by atoms with E-state index in [0.29, 0.717) is 11.6 Å². The quantitative estimate of drug-likeness (QED) is 0.378. The van der Waals surface area contributed by atoms with Crippen LogP contribution in [0, 0.1) is 11.8 Å². The van der Waals surface area contributed by atoms with Crippen molar-refractivity contribution in [2.45, 2.75) is 6.92 Å². The zero-order valence-electron chi connectivity index (χ0n) is 9.03. The van der Waals surface area contributed by atoms with Gasteiger partial charge in [0.25, 0.3) is 0 Å². The van der Waals surface area contributed by atoms with E-state index in [0.717, 1.165) is 11.3 Å². The van der Waals surface area contributed by atoms with Crippen LogP contribution in [0.4, 0.5) is 0 Å². The minimum Gasteiger partial charge on any atom is -0.383 e. The Labute approximate surface area is 100 Å². The summed E-state index contributed by atoms with van der Waals surface area (Å²) in [5.41, 5.74) is 6.93. The fraction of sp³-hybridized carbons (Fsp3) is 0.250. The first-order valence-electron chi connectivity index (χ1n) is 4.82. The molecule has 2 N–H and O–H groups in total. The molecule has 3 nitrogen and oxygen atoms in total. The second-order valence-electron chi connectivity index (χ2n) is 3.12. The van der Waals surface area contributed by atoms with Crippen molar-refractivity contribution in [2.24, 2.45) is 10.9 Å². The summed E-state index contributed by atoms with van der Waals surface area (Å²) in [6, 6.07) is 7.33. The average Bonchev–Trinajstić information content (AvgIpc) is 2.28. The second kappa shape index (κ2) is 6.89. The Balaban J connectivity index is 2.44. The zero-order valence-corrected chi connectivity index (χ0v) is 9.79. The lowest BCUT2D eigenvalue weighted by atomic mass is 10.2. The molecule has 0 bridgehead atoms. The van der Waals surface area contributed by atoms with Crippen LogP contribution in [-0.4, -0.2) is 18.9 Å². The van der Waals surface area contributed by atoms with Crippen LogP contribution in [-0.2, 0) is 4.84 Å². The molecule has 0 unspecified atom stereocenters. The first-order chi connectivity index (χ1) is 7.72. The topological polar surface area (TPSA) is 47.6 Å². The Hall–Kier alpha value is -1.50. The number of halogens is 1. The molecular formula is C12H13ClN2O. The van der Waals surface area contributed by atoms with Crippen molar-refractivity contribution in [3.05, 3.63) is 34.9 Å². The Morgan fingerprint density at radius 1 is 1.56 bits per heavy atom. The largest absolute Gasteiger partial charge is 0.383 e. The van der Waals surface area contributed by atoms with Crippen LogP contribution in [0.25, 0.3) is 0 Å². The van der Waals surface area contributed by atoms with Crippen molar-refractivity contribution in [1.29, 1.82) is 0 Å². The third kappa shape index (κ3) is 4.83. The molecule has 0 saturated carbocycles. The monoisotopic (exact) mass is 236 g/mol. The fourth-order valence-electron chi connectivity index (χ4n) is 0.916. The Bertz CT molecular complexity index is 432. The van der Waals surface area contributed by atoms with E-state index < -0.39 is 0 Å². The number of hydrogen-bond donors (Lipinski definition) is 1. The maximum absolute atomic E-state index is 5.81. The summed E-state index contributed by atoms with van der Waals surface area (Å²) in [5.74, 6) is 5.75. The molecule has 0 aliphatic carbocycles. The van der Waals surface area contributed by atoms with Crippen LogP contribution in [0.5, 0.6) is 0 Å². The number of nitrogens with zero attached hydrogens (tertiary/aromatic N) is 1. The molecule has 0 atom stereocenters. The van der Waals surface area contributed by atoms with Gasteiger partial charge in [0.1, 0.15) is 0 Å². The number of rotatable bonds is 3. The predicted molar refractivity (Wildman–Crippen MR) is 66.4 cm³/mol. The molecule has 0 aliphatic heterocycles. The van der Waals surface area contributed by atoms with Crippen LogP contribution < -0.4 is 5.73 Å². The highest BCUT2D eigenvalue weighted by Gasteiger charge is 1.88. The van der Waals surface area contributed by atoms with E-state index in [9.17, 15) is 0 Å². The number of benzene rings is 1. The van der Waals surface area contributed by atoms with Crippen molar-refractivity contribution >= 4 is 17.3 Å². The number of oxime groups is 1. The summed E-state index contributed by atoms with van der Waals surface area (Å²) in [7, 11) is 0. The van der Waals surface area contributed by atoms with Crippen LogP contribution in [0.3, 0.4) is 0 Å². The maximum atomic E-state index is 5.81. The molecule has 1 aromatic carbocycles. The maximum Gasteiger partial charge on any atom is 0.177 e. The molecule has 4 heteroatoms. The van der Waals surface area contributed by atoms with Gasteiger partial charge >= 0.3 is 0 Å². The van der Waals surface area contributed by atoms with Crippen LogP contribution in [0.1, 0.15) is 12.5 Å². The van der Waals surface area contributed by atoms with Gasteiger partial charge < -0.3 is 10.6 Å². The lowest BCUT2D eigenvalue weighted by molar-refractivity contribution is 0.179. The molecule has 0 heterocycles. The van der Waals surface area contributed by atoms with Gasteiger partial charge in [0.2, 0.25) is 0 Å². The van der Waals surface area contributed by atoms with Gasteiger partial charge in [-0.1, -0.05) is 34.7 Å². The number of hydrogen-bond acceptors (Lipinski definition) is 3. The second-order valence-corrected chi connectivity index (χ2v) is 3.55. The smallest absolute Gasteiger partial charge is 0.177 e.